The minimum absolute atomic E-state index is 1.08. The molecule has 0 aliphatic carbocycles. The first-order chi connectivity index (χ1) is 4.09. The fraction of sp³-hybridized carbons (Fsp3) is 0.500. The van der Waals surface area contributed by atoms with Gasteiger partial charge in [-0.1, -0.05) is 12.5 Å². The van der Waals surface area contributed by atoms with Gasteiger partial charge in [-0.05, 0) is 20.3 Å². The summed E-state index contributed by atoms with van der Waals surface area (Å²) in [4.78, 5) is 0. The number of nitrogens with zero attached hydrogens (tertiary/aromatic N) is 1. The van der Waals surface area contributed by atoms with E-state index in [0.29, 0.717) is 0 Å². The highest BCUT2D eigenvalue weighted by Crippen LogP contribution is 2.06. The van der Waals surface area contributed by atoms with E-state index in [2.05, 4.69) is 27.6 Å². The van der Waals surface area contributed by atoms with Crippen molar-refractivity contribution in [3.05, 3.63) is 18.3 Å². The van der Waals surface area contributed by atoms with Gasteiger partial charge >= 0.3 is 0 Å². The van der Waals surface area contributed by atoms with E-state index in [0.717, 1.165) is 12.1 Å². The summed E-state index contributed by atoms with van der Waals surface area (Å²) in [6.45, 7) is 9.92. The third-order valence-corrected chi connectivity index (χ3v) is 1.62. The molecule has 0 unspecified atom stereocenters. The molecule has 52 valence electrons. The molecule has 0 fully saturated rings. The van der Waals surface area contributed by atoms with Crippen molar-refractivity contribution in [1.82, 2.24) is 0 Å². The van der Waals surface area contributed by atoms with Crippen LogP contribution in [0.15, 0.2) is 11.3 Å². The van der Waals surface area contributed by atoms with E-state index in [1.807, 2.05) is 6.92 Å². The highest BCUT2D eigenvalue weighted by molar-refractivity contribution is 5.18. The molecular formula is C8H15N. The zero-order valence-electron chi connectivity index (χ0n) is 6.57. The Hall–Kier alpha value is -0.720. The van der Waals surface area contributed by atoms with Crippen LogP contribution in [-0.4, -0.2) is 11.3 Å². The van der Waals surface area contributed by atoms with Crippen molar-refractivity contribution in [3.8, 4) is 0 Å². The normalized spacial score (nSPS) is 12.8. The van der Waals surface area contributed by atoms with Gasteiger partial charge in [-0.3, -0.25) is 0 Å². The molecule has 0 amide bonds. The number of hydrogen-bond donors (Lipinski definition) is 0. The monoisotopic (exact) mass is 125 g/mol. The second kappa shape index (κ2) is 3.33. The van der Waals surface area contributed by atoms with Gasteiger partial charge in [0.05, 0.1) is 5.70 Å². The lowest BCUT2D eigenvalue weighted by Gasteiger charge is -2.05. The SMILES string of the molecule is C=[N+]([CH2-])/C(C)=C(/C)CC. The Bertz CT molecular complexity index is 143. The van der Waals surface area contributed by atoms with Gasteiger partial charge in [0.2, 0.25) is 0 Å². The maximum absolute atomic E-state index is 3.67. The first kappa shape index (κ1) is 8.28. The summed E-state index contributed by atoms with van der Waals surface area (Å²) in [5.41, 5.74) is 2.51. The van der Waals surface area contributed by atoms with Crippen LogP contribution >= 0.6 is 0 Å². The summed E-state index contributed by atoms with van der Waals surface area (Å²) in [7, 11) is 3.67. The van der Waals surface area contributed by atoms with Gasteiger partial charge in [0.15, 0.2) is 0 Å². The third-order valence-electron chi connectivity index (χ3n) is 1.62. The second-order valence-electron chi connectivity index (χ2n) is 2.26. The van der Waals surface area contributed by atoms with Crippen molar-refractivity contribution >= 4 is 6.72 Å². The van der Waals surface area contributed by atoms with Crippen molar-refractivity contribution in [2.75, 3.05) is 0 Å². The molecule has 0 aromatic rings. The Balaban J connectivity index is 4.28. The summed E-state index contributed by atoms with van der Waals surface area (Å²) in [6, 6.07) is 0. The molecule has 0 aromatic carbocycles. The summed E-state index contributed by atoms with van der Waals surface area (Å²) in [5, 5.41) is 0. The van der Waals surface area contributed by atoms with E-state index in [1.54, 1.807) is 4.58 Å². The van der Waals surface area contributed by atoms with E-state index in [1.165, 1.54) is 5.57 Å². The number of allylic oxidation sites excluding steroid dienone is 2. The Labute approximate surface area is 57.7 Å². The molecule has 0 rings (SSSR count). The first-order valence-electron chi connectivity index (χ1n) is 3.17. The molecule has 0 bridgehead atoms. The van der Waals surface area contributed by atoms with E-state index < -0.39 is 0 Å². The molecule has 9 heavy (non-hydrogen) atoms. The van der Waals surface area contributed by atoms with Crippen LogP contribution in [0.1, 0.15) is 27.2 Å². The minimum atomic E-state index is 1.08. The molecule has 1 nitrogen and oxygen atoms in total. The average Bonchev–Trinajstić information content (AvgIpc) is 1.84. The summed E-state index contributed by atoms with van der Waals surface area (Å²) in [6.07, 6.45) is 1.08. The lowest BCUT2D eigenvalue weighted by molar-refractivity contribution is -0.399. The van der Waals surface area contributed by atoms with Crippen LogP contribution in [0.3, 0.4) is 0 Å². The molecular weight excluding hydrogens is 110 g/mol. The predicted octanol–water partition coefficient (Wildman–Crippen LogP) is 2.19. The fourth-order valence-corrected chi connectivity index (χ4v) is 0.526. The van der Waals surface area contributed by atoms with Gasteiger partial charge in [0.25, 0.3) is 0 Å². The zero-order chi connectivity index (χ0) is 7.44. The van der Waals surface area contributed by atoms with Crippen LogP contribution in [-0.2, 0) is 0 Å². The maximum Gasteiger partial charge on any atom is 0.0771 e. The smallest absolute Gasteiger partial charge is 0.0771 e. The molecule has 0 aromatic heterocycles. The number of hydrogen-bond acceptors (Lipinski definition) is 0. The van der Waals surface area contributed by atoms with E-state index in [4.69, 9.17) is 0 Å². The van der Waals surface area contributed by atoms with E-state index >= 15 is 0 Å². The van der Waals surface area contributed by atoms with Crippen LogP contribution in [0.5, 0.6) is 0 Å². The molecule has 0 atom stereocenters. The summed E-state index contributed by atoms with van der Waals surface area (Å²) >= 11 is 0. The highest BCUT2D eigenvalue weighted by atomic mass is 14.9. The predicted molar refractivity (Wildman–Crippen MR) is 41.4 cm³/mol. The van der Waals surface area contributed by atoms with Gasteiger partial charge in [-0.15, -0.1) is 0 Å². The quantitative estimate of drug-likeness (QED) is 0.302. The van der Waals surface area contributed by atoms with Crippen molar-refractivity contribution in [2.24, 2.45) is 0 Å². The standard InChI is InChI=1S/C8H15N/c1-6-7(2)8(3)9(4)5/h4-6H2,1-3H3/b8-7-. The number of rotatable bonds is 2. The molecule has 0 saturated heterocycles. The molecule has 0 N–H and O–H groups in total. The molecule has 0 spiro atoms. The molecule has 0 heterocycles. The van der Waals surface area contributed by atoms with Gasteiger partial charge in [0.1, 0.15) is 0 Å². The Kier molecular flexibility index (Phi) is 3.07. The molecule has 0 saturated carbocycles. The second-order valence-corrected chi connectivity index (χ2v) is 2.26. The van der Waals surface area contributed by atoms with Crippen LogP contribution in [0.2, 0.25) is 0 Å². The third kappa shape index (κ3) is 2.36. The topological polar surface area (TPSA) is 3.01 Å². The van der Waals surface area contributed by atoms with Crippen LogP contribution in [0, 0.1) is 7.05 Å². The van der Waals surface area contributed by atoms with E-state index in [9.17, 15) is 0 Å². The average molecular weight is 125 g/mol. The largest absolute Gasteiger partial charge is 0.343 e. The van der Waals surface area contributed by atoms with Crippen LogP contribution < -0.4 is 0 Å². The molecule has 0 radical (unpaired) electrons. The van der Waals surface area contributed by atoms with Crippen molar-refractivity contribution in [2.45, 2.75) is 27.2 Å². The lowest BCUT2D eigenvalue weighted by Crippen LogP contribution is -1.97. The van der Waals surface area contributed by atoms with Crippen molar-refractivity contribution < 1.29 is 4.58 Å². The van der Waals surface area contributed by atoms with Crippen LogP contribution in [0.25, 0.3) is 0 Å². The summed E-state index contributed by atoms with van der Waals surface area (Å²) < 4.78 is 1.65. The molecule has 0 aliphatic heterocycles. The van der Waals surface area contributed by atoms with E-state index in [-0.39, 0.29) is 0 Å². The Morgan fingerprint density at radius 2 is 2.00 bits per heavy atom. The highest BCUT2D eigenvalue weighted by Gasteiger charge is 1.92. The van der Waals surface area contributed by atoms with Gasteiger partial charge in [-0.2, -0.15) is 0 Å². The minimum Gasteiger partial charge on any atom is -0.343 e. The zero-order valence-corrected chi connectivity index (χ0v) is 6.57. The Morgan fingerprint density at radius 1 is 1.56 bits per heavy atom. The van der Waals surface area contributed by atoms with Gasteiger partial charge in [-0.25, -0.2) is 0 Å². The first-order valence-corrected chi connectivity index (χ1v) is 3.17. The molecule has 0 aliphatic rings. The van der Waals surface area contributed by atoms with Gasteiger partial charge < -0.3 is 4.58 Å². The lowest BCUT2D eigenvalue weighted by atomic mass is 10.2. The van der Waals surface area contributed by atoms with Crippen molar-refractivity contribution in [3.63, 3.8) is 0 Å². The molecule has 1 heteroatoms. The van der Waals surface area contributed by atoms with Gasteiger partial charge in [0, 0.05) is 13.8 Å². The summed E-state index contributed by atoms with van der Waals surface area (Å²) in [5.74, 6) is 0. The van der Waals surface area contributed by atoms with Crippen LogP contribution in [0.4, 0.5) is 0 Å². The maximum atomic E-state index is 3.67. The van der Waals surface area contributed by atoms with Crippen molar-refractivity contribution in [1.29, 1.82) is 0 Å². The Morgan fingerprint density at radius 3 is 2.11 bits per heavy atom. The fourth-order valence-electron chi connectivity index (χ4n) is 0.526.